The number of rotatable bonds is 0. The molecular formula is C7H8N4O. The molecule has 0 atom stereocenters. The molecule has 0 radical (unpaired) electrons. The molecule has 0 aromatic carbocycles. The van der Waals surface area contributed by atoms with Crippen LogP contribution in [0.2, 0.25) is 0 Å². The number of amidine groups is 1. The number of nitrogens with two attached hydrogens (primary N) is 1. The molecule has 1 aromatic rings. The van der Waals surface area contributed by atoms with Gasteiger partial charge >= 0.3 is 0 Å². The minimum absolute atomic E-state index is 0.0956. The maximum Gasteiger partial charge on any atom is 0.255 e. The minimum Gasteiger partial charge on any atom is -0.386 e. The molecule has 12 heavy (non-hydrogen) atoms. The number of aliphatic imine (C=N–C) groups is 1. The summed E-state index contributed by atoms with van der Waals surface area (Å²) >= 11 is 0. The van der Waals surface area contributed by atoms with E-state index in [2.05, 4.69) is 9.98 Å². The number of fused-ring (bicyclic) bond motifs is 1. The van der Waals surface area contributed by atoms with Crippen molar-refractivity contribution in [3.8, 4) is 0 Å². The van der Waals surface area contributed by atoms with E-state index in [0.29, 0.717) is 24.0 Å². The van der Waals surface area contributed by atoms with Crippen molar-refractivity contribution < 1.29 is 0 Å². The van der Waals surface area contributed by atoms with Crippen molar-refractivity contribution in [2.24, 2.45) is 10.7 Å². The monoisotopic (exact) mass is 164 g/mol. The summed E-state index contributed by atoms with van der Waals surface area (Å²) in [6.45, 7) is 2.12. The molecule has 2 rings (SSSR count). The number of aryl methyl sites for hydroxylation is 1. The van der Waals surface area contributed by atoms with E-state index >= 15 is 0 Å². The third-order valence-corrected chi connectivity index (χ3v) is 1.68. The Morgan fingerprint density at radius 3 is 3.17 bits per heavy atom. The molecule has 0 saturated carbocycles. The molecular weight excluding hydrogens is 156 g/mol. The van der Waals surface area contributed by atoms with Gasteiger partial charge in [0.1, 0.15) is 5.84 Å². The summed E-state index contributed by atoms with van der Waals surface area (Å²) in [6, 6.07) is 1.47. The Balaban J connectivity index is 2.70. The van der Waals surface area contributed by atoms with E-state index < -0.39 is 0 Å². The zero-order valence-electron chi connectivity index (χ0n) is 6.61. The number of nitrogens with zero attached hydrogens (tertiary/aromatic N) is 3. The van der Waals surface area contributed by atoms with Crippen LogP contribution in [0.25, 0.3) is 0 Å². The second-order valence-corrected chi connectivity index (χ2v) is 2.73. The predicted molar refractivity (Wildman–Crippen MR) is 44.5 cm³/mol. The van der Waals surface area contributed by atoms with Crippen molar-refractivity contribution in [2.75, 3.05) is 0 Å². The molecule has 0 saturated heterocycles. The minimum atomic E-state index is -0.0956. The summed E-state index contributed by atoms with van der Waals surface area (Å²) in [7, 11) is 0. The van der Waals surface area contributed by atoms with Gasteiger partial charge in [-0.15, -0.1) is 0 Å². The van der Waals surface area contributed by atoms with Gasteiger partial charge < -0.3 is 5.73 Å². The van der Waals surface area contributed by atoms with Crippen LogP contribution in [-0.4, -0.2) is 15.4 Å². The third kappa shape index (κ3) is 0.903. The second-order valence-electron chi connectivity index (χ2n) is 2.73. The van der Waals surface area contributed by atoms with Crippen molar-refractivity contribution in [1.29, 1.82) is 0 Å². The molecule has 0 spiro atoms. The average Bonchev–Trinajstić information content (AvgIpc) is 2.29. The van der Waals surface area contributed by atoms with Crippen molar-refractivity contribution >= 4 is 11.8 Å². The van der Waals surface area contributed by atoms with Gasteiger partial charge in [-0.25, -0.2) is 4.98 Å². The maximum atomic E-state index is 11.3. The topological polar surface area (TPSA) is 73.3 Å². The highest BCUT2D eigenvalue weighted by molar-refractivity contribution is 5.84. The Labute approximate surface area is 68.6 Å². The van der Waals surface area contributed by atoms with Gasteiger partial charge in [0.25, 0.3) is 5.56 Å². The van der Waals surface area contributed by atoms with Gasteiger partial charge in [-0.1, -0.05) is 0 Å². The summed E-state index contributed by atoms with van der Waals surface area (Å²) < 4.78 is 1.45. The highest BCUT2D eigenvalue weighted by Crippen LogP contribution is 2.11. The first-order valence-electron chi connectivity index (χ1n) is 3.58. The van der Waals surface area contributed by atoms with Gasteiger partial charge in [0.15, 0.2) is 0 Å². The summed E-state index contributed by atoms with van der Waals surface area (Å²) in [6.07, 6.45) is 0. The molecule has 2 heterocycles. The van der Waals surface area contributed by atoms with Crippen molar-refractivity contribution in [2.45, 2.75) is 13.5 Å². The predicted octanol–water partition coefficient (Wildman–Crippen LogP) is -0.446. The van der Waals surface area contributed by atoms with Gasteiger partial charge in [0.05, 0.1) is 6.54 Å². The number of hydrogen-bond donors (Lipinski definition) is 1. The van der Waals surface area contributed by atoms with Crippen LogP contribution in [-0.2, 0) is 6.54 Å². The van der Waals surface area contributed by atoms with Crippen molar-refractivity contribution in [3.63, 3.8) is 0 Å². The fraction of sp³-hybridized carbons (Fsp3) is 0.286. The summed E-state index contributed by atoms with van der Waals surface area (Å²) in [5.74, 6) is 0.850. The zero-order valence-corrected chi connectivity index (χ0v) is 6.61. The Morgan fingerprint density at radius 2 is 2.42 bits per heavy atom. The number of hydrogen-bond acceptors (Lipinski definition) is 4. The summed E-state index contributed by atoms with van der Waals surface area (Å²) in [5, 5.41) is 0. The first-order chi connectivity index (χ1) is 5.66. The molecule has 2 N–H and O–H groups in total. The van der Waals surface area contributed by atoms with Crippen LogP contribution in [0.4, 0.5) is 5.95 Å². The van der Waals surface area contributed by atoms with Gasteiger partial charge in [-0.3, -0.25) is 9.36 Å². The lowest BCUT2D eigenvalue weighted by molar-refractivity contribution is 0.805. The van der Waals surface area contributed by atoms with Gasteiger partial charge in [-0.05, 0) is 6.92 Å². The molecule has 62 valence electrons. The van der Waals surface area contributed by atoms with E-state index in [9.17, 15) is 4.79 Å². The lowest BCUT2D eigenvalue weighted by atomic mass is 10.4. The van der Waals surface area contributed by atoms with Crippen LogP contribution in [0.15, 0.2) is 15.9 Å². The zero-order chi connectivity index (χ0) is 8.72. The van der Waals surface area contributed by atoms with E-state index in [1.165, 1.54) is 10.6 Å². The molecule has 5 heteroatoms. The molecule has 5 nitrogen and oxygen atoms in total. The fourth-order valence-electron chi connectivity index (χ4n) is 1.17. The lowest BCUT2D eigenvalue weighted by Crippen LogP contribution is -2.23. The fourth-order valence-corrected chi connectivity index (χ4v) is 1.17. The van der Waals surface area contributed by atoms with Crippen LogP contribution in [0.5, 0.6) is 0 Å². The first-order valence-corrected chi connectivity index (χ1v) is 3.58. The lowest BCUT2D eigenvalue weighted by Gasteiger charge is -1.98. The van der Waals surface area contributed by atoms with Crippen LogP contribution in [0.3, 0.4) is 0 Å². The maximum absolute atomic E-state index is 11.3. The largest absolute Gasteiger partial charge is 0.386 e. The van der Waals surface area contributed by atoms with Gasteiger partial charge in [-0.2, -0.15) is 4.99 Å². The van der Waals surface area contributed by atoms with E-state index in [4.69, 9.17) is 5.73 Å². The van der Waals surface area contributed by atoms with Crippen LogP contribution < -0.4 is 11.3 Å². The van der Waals surface area contributed by atoms with E-state index in [1.807, 2.05) is 0 Å². The molecule has 0 fully saturated rings. The highest BCUT2D eigenvalue weighted by Gasteiger charge is 2.13. The molecule has 1 aliphatic rings. The van der Waals surface area contributed by atoms with Crippen molar-refractivity contribution in [3.05, 3.63) is 22.1 Å². The quantitative estimate of drug-likeness (QED) is 0.564. The summed E-state index contributed by atoms with van der Waals surface area (Å²) in [4.78, 5) is 19.3. The van der Waals surface area contributed by atoms with Crippen LogP contribution in [0.1, 0.15) is 5.69 Å². The second kappa shape index (κ2) is 2.17. The van der Waals surface area contributed by atoms with E-state index in [0.717, 1.165) is 0 Å². The molecule has 0 bridgehead atoms. The van der Waals surface area contributed by atoms with Crippen molar-refractivity contribution in [1.82, 2.24) is 9.55 Å². The van der Waals surface area contributed by atoms with Gasteiger partial charge in [0, 0.05) is 11.8 Å². The standard InChI is InChI=1S/C7H8N4O/c1-4-2-6(12)11-3-5(8)10-7(11)9-4/h2H,3H2,1H3,(H2,8,9,10). The van der Waals surface area contributed by atoms with E-state index in [1.54, 1.807) is 6.92 Å². The average molecular weight is 164 g/mol. The van der Waals surface area contributed by atoms with Gasteiger partial charge in [0.2, 0.25) is 5.95 Å². The Kier molecular flexibility index (Phi) is 1.27. The Hall–Kier alpha value is -1.65. The molecule has 0 unspecified atom stereocenters. The van der Waals surface area contributed by atoms with Crippen LogP contribution >= 0.6 is 0 Å². The normalized spacial score (nSPS) is 14.2. The Bertz CT molecular complexity index is 418. The third-order valence-electron chi connectivity index (χ3n) is 1.68. The van der Waals surface area contributed by atoms with Crippen LogP contribution in [0, 0.1) is 6.92 Å². The molecule has 0 aliphatic carbocycles. The Morgan fingerprint density at radius 1 is 1.67 bits per heavy atom. The van der Waals surface area contributed by atoms with E-state index in [-0.39, 0.29) is 5.56 Å². The molecule has 1 aliphatic heterocycles. The smallest absolute Gasteiger partial charge is 0.255 e. The molecule has 1 aromatic heterocycles. The molecule has 0 amide bonds. The SMILES string of the molecule is Cc1cc(=O)n2c(n1)N=C(N)C2. The summed E-state index contributed by atoms with van der Waals surface area (Å²) in [5.41, 5.74) is 6.03. The number of aromatic nitrogens is 2. The highest BCUT2D eigenvalue weighted by atomic mass is 16.1. The first kappa shape index (κ1) is 7.02.